The Balaban J connectivity index is 1.61. The normalized spacial score (nSPS) is 12.8. The number of amides is 3. The number of ether oxygens (including phenoxy) is 1. The maximum Gasteiger partial charge on any atom is 0.338 e. The van der Waals surface area contributed by atoms with Crippen molar-refractivity contribution in [2.45, 2.75) is 0 Å². The number of hydrogen-bond donors (Lipinski definition) is 0. The fraction of sp³-hybridized carbons (Fsp3) is 0.130. The van der Waals surface area contributed by atoms with Gasteiger partial charge in [0, 0.05) is 30.6 Å². The Morgan fingerprint density at radius 1 is 0.867 bits per heavy atom. The Labute approximate surface area is 172 Å². The molecule has 0 spiro atoms. The van der Waals surface area contributed by atoms with Crippen molar-refractivity contribution >= 4 is 40.2 Å². The molecule has 3 aromatic rings. The second-order valence-electron chi connectivity index (χ2n) is 7.07. The van der Waals surface area contributed by atoms with Gasteiger partial charge in [-0.05, 0) is 41.8 Å². The molecule has 1 aliphatic rings. The standard InChI is InChI=1S/C23H18N2O5/c1-24(2)19(26)13-30-23(29)15-9-11-16(12-10-15)25-21(27)17-7-3-5-14-6-4-8-18(20(14)17)22(25)28/h3-12H,13H2,1-2H3. The largest absolute Gasteiger partial charge is 0.452 e. The number of likely N-dealkylation sites (N-methyl/N-ethyl adjacent to an activating group) is 1. The minimum Gasteiger partial charge on any atom is -0.452 e. The van der Waals surface area contributed by atoms with Crippen LogP contribution in [-0.2, 0) is 9.53 Å². The molecule has 3 amide bonds. The number of hydrogen-bond acceptors (Lipinski definition) is 5. The van der Waals surface area contributed by atoms with Crippen molar-refractivity contribution in [1.29, 1.82) is 0 Å². The summed E-state index contributed by atoms with van der Waals surface area (Å²) >= 11 is 0. The molecule has 0 aromatic heterocycles. The summed E-state index contributed by atoms with van der Waals surface area (Å²) in [6, 6.07) is 16.6. The van der Waals surface area contributed by atoms with Gasteiger partial charge in [0.25, 0.3) is 17.7 Å². The van der Waals surface area contributed by atoms with Crippen molar-refractivity contribution in [3.63, 3.8) is 0 Å². The number of benzene rings is 3. The predicted octanol–water partition coefficient (Wildman–Crippen LogP) is 2.89. The number of carbonyl (C=O) groups is 4. The Kier molecular flexibility index (Phi) is 4.79. The van der Waals surface area contributed by atoms with Gasteiger partial charge in [-0.15, -0.1) is 0 Å². The van der Waals surface area contributed by atoms with E-state index in [0.717, 1.165) is 10.3 Å². The Hall–Kier alpha value is -4.00. The van der Waals surface area contributed by atoms with Crippen LogP contribution < -0.4 is 4.90 Å². The molecule has 150 valence electrons. The molecule has 1 heterocycles. The third kappa shape index (κ3) is 3.20. The molecule has 4 rings (SSSR count). The summed E-state index contributed by atoms with van der Waals surface area (Å²) in [7, 11) is 3.13. The molecule has 30 heavy (non-hydrogen) atoms. The van der Waals surface area contributed by atoms with Crippen molar-refractivity contribution in [3.8, 4) is 0 Å². The van der Waals surface area contributed by atoms with Crippen molar-refractivity contribution in [2.24, 2.45) is 0 Å². The molecule has 7 heteroatoms. The average molecular weight is 402 g/mol. The van der Waals surface area contributed by atoms with Crippen LogP contribution in [0.3, 0.4) is 0 Å². The molecule has 0 radical (unpaired) electrons. The van der Waals surface area contributed by atoms with Crippen molar-refractivity contribution in [3.05, 3.63) is 77.4 Å². The zero-order chi connectivity index (χ0) is 21.4. The van der Waals surface area contributed by atoms with Gasteiger partial charge in [0.1, 0.15) is 0 Å². The van der Waals surface area contributed by atoms with Crippen LogP contribution in [0.5, 0.6) is 0 Å². The van der Waals surface area contributed by atoms with Crippen LogP contribution in [0.15, 0.2) is 60.7 Å². The Morgan fingerprint density at radius 2 is 1.43 bits per heavy atom. The van der Waals surface area contributed by atoms with Crippen molar-refractivity contribution in [2.75, 3.05) is 25.6 Å². The lowest BCUT2D eigenvalue weighted by atomic mass is 9.94. The van der Waals surface area contributed by atoms with E-state index in [1.807, 2.05) is 12.1 Å². The first-order valence-electron chi connectivity index (χ1n) is 9.26. The summed E-state index contributed by atoms with van der Waals surface area (Å²) in [4.78, 5) is 52.2. The SMILES string of the molecule is CN(C)C(=O)COC(=O)c1ccc(N2C(=O)c3cccc4cccc(c34)C2=O)cc1. The Morgan fingerprint density at radius 3 is 1.97 bits per heavy atom. The van der Waals surface area contributed by atoms with Gasteiger partial charge in [0.05, 0.1) is 11.3 Å². The maximum absolute atomic E-state index is 13.0. The number of carbonyl (C=O) groups excluding carboxylic acids is 4. The highest BCUT2D eigenvalue weighted by atomic mass is 16.5. The topological polar surface area (TPSA) is 84.0 Å². The summed E-state index contributed by atoms with van der Waals surface area (Å²) < 4.78 is 4.99. The zero-order valence-electron chi connectivity index (χ0n) is 16.4. The van der Waals surface area contributed by atoms with Gasteiger partial charge in [-0.25, -0.2) is 9.69 Å². The highest BCUT2D eigenvalue weighted by Crippen LogP contribution is 2.32. The minimum atomic E-state index is -0.664. The van der Waals surface area contributed by atoms with Gasteiger partial charge in [0.15, 0.2) is 6.61 Å². The van der Waals surface area contributed by atoms with E-state index in [-0.39, 0.29) is 18.1 Å². The molecular weight excluding hydrogens is 384 g/mol. The molecule has 0 unspecified atom stereocenters. The number of imide groups is 1. The number of anilines is 1. The zero-order valence-corrected chi connectivity index (χ0v) is 16.4. The first-order valence-corrected chi connectivity index (χ1v) is 9.26. The fourth-order valence-corrected chi connectivity index (χ4v) is 3.35. The van der Waals surface area contributed by atoms with E-state index >= 15 is 0 Å². The van der Waals surface area contributed by atoms with Crippen LogP contribution in [0.2, 0.25) is 0 Å². The summed E-state index contributed by atoms with van der Waals surface area (Å²) in [6.45, 7) is -0.364. The van der Waals surface area contributed by atoms with Crippen LogP contribution in [0, 0.1) is 0 Å². The lowest BCUT2D eigenvalue weighted by molar-refractivity contribution is -0.131. The molecule has 0 N–H and O–H groups in total. The lowest BCUT2D eigenvalue weighted by Crippen LogP contribution is -2.40. The van der Waals surface area contributed by atoms with Crippen LogP contribution >= 0.6 is 0 Å². The molecule has 0 saturated heterocycles. The second-order valence-corrected chi connectivity index (χ2v) is 7.07. The number of nitrogens with zero attached hydrogens (tertiary/aromatic N) is 2. The van der Waals surface area contributed by atoms with Crippen molar-refractivity contribution in [1.82, 2.24) is 4.90 Å². The highest BCUT2D eigenvalue weighted by molar-refractivity contribution is 6.35. The molecule has 0 fully saturated rings. The van der Waals surface area contributed by atoms with E-state index < -0.39 is 17.8 Å². The third-order valence-corrected chi connectivity index (χ3v) is 4.96. The van der Waals surface area contributed by atoms with Crippen LogP contribution in [0.25, 0.3) is 10.8 Å². The smallest absolute Gasteiger partial charge is 0.338 e. The van der Waals surface area contributed by atoms with E-state index in [1.54, 1.807) is 38.4 Å². The van der Waals surface area contributed by atoms with Gasteiger partial charge in [-0.1, -0.05) is 24.3 Å². The van der Waals surface area contributed by atoms with E-state index in [2.05, 4.69) is 0 Å². The fourth-order valence-electron chi connectivity index (χ4n) is 3.35. The van der Waals surface area contributed by atoms with Crippen molar-refractivity contribution < 1.29 is 23.9 Å². The van der Waals surface area contributed by atoms with E-state index in [1.165, 1.54) is 29.2 Å². The molecule has 3 aromatic carbocycles. The molecule has 0 saturated carbocycles. The average Bonchev–Trinajstić information content (AvgIpc) is 2.76. The summed E-state index contributed by atoms with van der Waals surface area (Å²) in [5.41, 5.74) is 1.46. The Bertz CT molecular complexity index is 1150. The summed E-state index contributed by atoms with van der Waals surface area (Å²) in [5.74, 6) is -1.84. The quantitative estimate of drug-likeness (QED) is 0.495. The van der Waals surface area contributed by atoms with E-state index in [0.29, 0.717) is 22.2 Å². The summed E-state index contributed by atoms with van der Waals surface area (Å²) in [6.07, 6.45) is 0. The third-order valence-electron chi connectivity index (χ3n) is 4.96. The second kappa shape index (κ2) is 7.44. The lowest BCUT2D eigenvalue weighted by Gasteiger charge is -2.27. The minimum absolute atomic E-state index is 0.213. The van der Waals surface area contributed by atoms with Gasteiger partial charge >= 0.3 is 5.97 Å². The van der Waals surface area contributed by atoms with E-state index in [9.17, 15) is 19.2 Å². The molecular formula is C23H18N2O5. The molecule has 0 atom stereocenters. The van der Waals surface area contributed by atoms with Crippen LogP contribution in [0.1, 0.15) is 31.1 Å². The summed E-state index contributed by atoms with van der Waals surface area (Å²) in [5, 5.41) is 1.48. The first-order chi connectivity index (χ1) is 14.4. The highest BCUT2D eigenvalue weighted by Gasteiger charge is 2.33. The monoisotopic (exact) mass is 402 g/mol. The van der Waals surface area contributed by atoms with Gasteiger partial charge < -0.3 is 9.64 Å². The van der Waals surface area contributed by atoms with Crippen LogP contribution in [0.4, 0.5) is 5.69 Å². The number of rotatable bonds is 4. The van der Waals surface area contributed by atoms with E-state index in [4.69, 9.17) is 4.74 Å². The van der Waals surface area contributed by atoms with Gasteiger partial charge in [0.2, 0.25) is 0 Å². The molecule has 0 bridgehead atoms. The molecule has 1 aliphatic heterocycles. The molecule has 0 aliphatic carbocycles. The van der Waals surface area contributed by atoms with Crippen LogP contribution in [-0.4, -0.2) is 49.3 Å². The van der Waals surface area contributed by atoms with Gasteiger partial charge in [-0.3, -0.25) is 14.4 Å². The number of esters is 1. The predicted molar refractivity (Wildman–Crippen MR) is 111 cm³/mol. The molecule has 7 nitrogen and oxygen atoms in total. The maximum atomic E-state index is 13.0. The van der Waals surface area contributed by atoms with Gasteiger partial charge in [-0.2, -0.15) is 0 Å². The first kappa shape index (κ1) is 19.3.